The first kappa shape index (κ1) is 7.85. The molecule has 2 aliphatic rings. The van der Waals surface area contributed by atoms with Gasteiger partial charge < -0.3 is 9.83 Å². The van der Waals surface area contributed by atoms with Crippen molar-refractivity contribution in [2.45, 2.75) is 12.6 Å². The average molecular weight is 183 g/mol. The second kappa shape index (κ2) is 2.35. The summed E-state index contributed by atoms with van der Waals surface area (Å²) in [6, 6.07) is 0. The van der Waals surface area contributed by atoms with Crippen molar-refractivity contribution in [2.75, 3.05) is 0 Å². The van der Waals surface area contributed by atoms with Crippen LogP contribution in [0.25, 0.3) is 0 Å². The summed E-state index contributed by atoms with van der Waals surface area (Å²) in [5, 5.41) is 9.80. The fourth-order valence-electron chi connectivity index (χ4n) is 1.13. The van der Waals surface area contributed by atoms with E-state index in [1.807, 2.05) is 6.08 Å². The van der Waals surface area contributed by atoms with Crippen LogP contribution in [0.2, 0.25) is 0 Å². The molecule has 12 heavy (non-hydrogen) atoms. The molecule has 0 saturated heterocycles. The van der Waals surface area contributed by atoms with Crippen LogP contribution in [0.1, 0.15) is 6.92 Å². The molecule has 0 aromatic heterocycles. The van der Waals surface area contributed by atoms with Gasteiger partial charge in [-0.05, 0) is 18.6 Å². The number of allylic oxidation sites excluding steroid dienone is 2. The molecule has 1 aliphatic carbocycles. The summed E-state index contributed by atoms with van der Waals surface area (Å²) in [5.41, 5.74) is 6.26. The van der Waals surface area contributed by atoms with Crippen LogP contribution < -0.4 is 10.5 Å². The van der Waals surface area contributed by atoms with E-state index in [1.54, 1.807) is 13.0 Å². The normalized spacial score (nSPS) is 33.1. The Morgan fingerprint density at radius 1 is 1.67 bits per heavy atom. The Hall–Kier alpha value is -0.780. The fourth-order valence-corrected chi connectivity index (χ4v) is 1.76. The number of aliphatic hydroxyl groups is 1. The number of nitrogens with zero attached hydrogens (tertiary/aromatic N) is 1. The van der Waals surface area contributed by atoms with Crippen LogP contribution in [0, 0.1) is 0 Å². The van der Waals surface area contributed by atoms with Crippen molar-refractivity contribution < 1.29 is 5.11 Å². The molecule has 0 spiro atoms. The van der Waals surface area contributed by atoms with Crippen molar-refractivity contribution in [3.05, 3.63) is 23.4 Å². The predicted octanol–water partition coefficient (Wildman–Crippen LogP) is 0.0849. The molecule has 5 heteroatoms. The third-order valence-corrected chi connectivity index (χ3v) is 2.59. The molecular weight excluding hydrogens is 174 g/mol. The largest absolute Gasteiger partial charge is 0.367 e. The van der Waals surface area contributed by atoms with Crippen LogP contribution in [0.5, 0.6) is 0 Å². The highest BCUT2D eigenvalue weighted by Crippen LogP contribution is 2.28. The van der Waals surface area contributed by atoms with E-state index >= 15 is 0 Å². The molecule has 4 N–H and O–H groups in total. The molecule has 0 fully saturated rings. The van der Waals surface area contributed by atoms with Crippen LogP contribution in [0.4, 0.5) is 0 Å². The Morgan fingerprint density at radius 2 is 2.42 bits per heavy atom. The molecular formula is C7H9N3OS. The predicted molar refractivity (Wildman–Crippen MR) is 49.1 cm³/mol. The van der Waals surface area contributed by atoms with Gasteiger partial charge in [-0.3, -0.25) is 5.73 Å². The molecule has 1 atom stereocenters. The van der Waals surface area contributed by atoms with E-state index in [0.29, 0.717) is 11.3 Å². The van der Waals surface area contributed by atoms with Crippen molar-refractivity contribution >= 4 is 17.8 Å². The maximum atomic E-state index is 9.80. The summed E-state index contributed by atoms with van der Waals surface area (Å²) in [6.45, 7) is 1.78. The third kappa shape index (κ3) is 0.906. The molecule has 0 radical (unpaired) electrons. The average Bonchev–Trinajstić information content (AvgIpc) is 2.46. The Labute approximate surface area is 74.5 Å². The lowest BCUT2D eigenvalue weighted by atomic mass is 9.93. The third-order valence-electron chi connectivity index (χ3n) is 2.01. The molecule has 2 rings (SSSR count). The van der Waals surface area contributed by atoms with Gasteiger partial charge in [0.25, 0.3) is 0 Å². The Kier molecular flexibility index (Phi) is 1.54. The molecule has 0 amide bonds. The summed E-state index contributed by atoms with van der Waals surface area (Å²) in [6.07, 6.45) is 3.64. The van der Waals surface area contributed by atoms with Gasteiger partial charge in [0.2, 0.25) is 0 Å². The SMILES string of the molecule is CC1=CC=C2NSN=C2C1(N)O. The van der Waals surface area contributed by atoms with Gasteiger partial charge in [-0.1, -0.05) is 6.08 Å². The minimum atomic E-state index is -1.40. The second-order valence-corrected chi connectivity index (χ2v) is 3.40. The number of nitrogens with one attached hydrogen (secondary N) is 1. The summed E-state index contributed by atoms with van der Waals surface area (Å²) < 4.78 is 6.92. The zero-order chi connectivity index (χ0) is 8.77. The molecule has 0 saturated carbocycles. The quantitative estimate of drug-likeness (QED) is 0.367. The topological polar surface area (TPSA) is 70.6 Å². The van der Waals surface area contributed by atoms with Gasteiger partial charge in [-0.15, -0.1) is 0 Å². The van der Waals surface area contributed by atoms with E-state index in [9.17, 15) is 5.11 Å². The van der Waals surface area contributed by atoms with Gasteiger partial charge in [0, 0.05) is 0 Å². The van der Waals surface area contributed by atoms with Crippen LogP contribution in [0.15, 0.2) is 27.8 Å². The van der Waals surface area contributed by atoms with Crippen molar-refractivity contribution in [3.63, 3.8) is 0 Å². The summed E-state index contributed by atoms with van der Waals surface area (Å²) in [7, 11) is 0. The number of fused-ring (bicyclic) bond motifs is 1. The molecule has 4 nitrogen and oxygen atoms in total. The molecule has 0 aromatic carbocycles. The Bertz CT molecular complexity index is 317. The highest BCUT2D eigenvalue weighted by atomic mass is 32.2. The van der Waals surface area contributed by atoms with Crippen molar-refractivity contribution in [2.24, 2.45) is 10.1 Å². The maximum Gasteiger partial charge on any atom is 0.182 e. The Morgan fingerprint density at radius 3 is 3.17 bits per heavy atom. The number of hydrogen-bond acceptors (Lipinski definition) is 5. The zero-order valence-corrected chi connectivity index (χ0v) is 7.35. The van der Waals surface area contributed by atoms with E-state index < -0.39 is 5.72 Å². The van der Waals surface area contributed by atoms with Gasteiger partial charge in [0.15, 0.2) is 5.72 Å². The lowest BCUT2D eigenvalue weighted by Gasteiger charge is -2.26. The van der Waals surface area contributed by atoms with Crippen molar-refractivity contribution in [1.29, 1.82) is 0 Å². The molecule has 1 heterocycles. The number of rotatable bonds is 0. The minimum absolute atomic E-state index is 0.507. The standard InChI is InChI=1S/C7H9N3OS/c1-4-2-3-5-6(7(4,8)11)10-12-9-5/h2-3,9,11H,8H2,1H3. The lowest BCUT2D eigenvalue weighted by molar-refractivity contribution is 0.158. The first-order valence-electron chi connectivity index (χ1n) is 3.53. The summed E-state index contributed by atoms with van der Waals surface area (Å²) in [5.74, 6) is 0. The number of hydrogen-bond donors (Lipinski definition) is 3. The van der Waals surface area contributed by atoms with Crippen molar-refractivity contribution in [3.8, 4) is 0 Å². The van der Waals surface area contributed by atoms with Crippen LogP contribution in [-0.4, -0.2) is 16.5 Å². The van der Waals surface area contributed by atoms with E-state index in [4.69, 9.17) is 5.73 Å². The smallest absolute Gasteiger partial charge is 0.182 e. The van der Waals surface area contributed by atoms with E-state index in [-0.39, 0.29) is 0 Å². The lowest BCUT2D eigenvalue weighted by Crippen LogP contribution is -2.50. The van der Waals surface area contributed by atoms with E-state index in [0.717, 1.165) is 5.70 Å². The van der Waals surface area contributed by atoms with Crippen molar-refractivity contribution in [1.82, 2.24) is 4.72 Å². The first-order valence-corrected chi connectivity index (χ1v) is 4.31. The second-order valence-electron chi connectivity index (χ2n) is 2.83. The van der Waals surface area contributed by atoms with E-state index in [1.165, 1.54) is 12.1 Å². The highest BCUT2D eigenvalue weighted by Gasteiger charge is 2.37. The zero-order valence-electron chi connectivity index (χ0n) is 6.53. The summed E-state index contributed by atoms with van der Waals surface area (Å²) in [4.78, 5) is 0. The fraction of sp³-hybridized carbons (Fsp3) is 0.286. The number of nitrogens with two attached hydrogens (primary N) is 1. The van der Waals surface area contributed by atoms with Crippen LogP contribution in [0.3, 0.4) is 0 Å². The molecule has 0 aromatic rings. The molecule has 64 valence electrons. The van der Waals surface area contributed by atoms with Gasteiger partial charge in [0.05, 0.1) is 17.8 Å². The molecule has 1 unspecified atom stereocenters. The maximum absolute atomic E-state index is 9.80. The highest BCUT2D eigenvalue weighted by molar-refractivity contribution is 7.96. The minimum Gasteiger partial charge on any atom is -0.367 e. The Balaban J connectivity index is 2.51. The summed E-state index contributed by atoms with van der Waals surface area (Å²) >= 11 is 1.18. The van der Waals surface area contributed by atoms with Gasteiger partial charge in [0.1, 0.15) is 5.71 Å². The van der Waals surface area contributed by atoms with Gasteiger partial charge in [-0.2, -0.15) is 4.40 Å². The first-order chi connectivity index (χ1) is 5.62. The van der Waals surface area contributed by atoms with Gasteiger partial charge >= 0.3 is 0 Å². The monoisotopic (exact) mass is 183 g/mol. The van der Waals surface area contributed by atoms with Gasteiger partial charge in [-0.25, -0.2) is 0 Å². The van der Waals surface area contributed by atoms with Crippen LogP contribution >= 0.6 is 12.1 Å². The van der Waals surface area contributed by atoms with E-state index in [2.05, 4.69) is 9.12 Å². The molecule has 0 bridgehead atoms. The van der Waals surface area contributed by atoms with Crippen LogP contribution in [-0.2, 0) is 0 Å². The molecule has 1 aliphatic heterocycles.